The molecule has 0 saturated heterocycles. The van der Waals surface area contributed by atoms with Gasteiger partial charge in [0.15, 0.2) is 0 Å². The van der Waals surface area contributed by atoms with Gasteiger partial charge in [-0.05, 0) is 44.7 Å². The molecule has 0 aromatic carbocycles. The fourth-order valence-corrected chi connectivity index (χ4v) is 1.72. The van der Waals surface area contributed by atoms with Gasteiger partial charge in [-0.1, -0.05) is 6.08 Å². The summed E-state index contributed by atoms with van der Waals surface area (Å²) in [5.41, 5.74) is 1.44. The highest BCUT2D eigenvalue weighted by molar-refractivity contribution is 5.80. The highest BCUT2D eigenvalue weighted by Gasteiger charge is 2.18. The number of carbonyl (C=O) groups is 1. The van der Waals surface area contributed by atoms with E-state index in [1.54, 1.807) is 33.2 Å². The second-order valence-corrected chi connectivity index (χ2v) is 5.99. The molecular formula is C16H25N3O4. The van der Waals surface area contributed by atoms with Gasteiger partial charge in [-0.2, -0.15) is 9.78 Å². The first-order chi connectivity index (χ1) is 10.9. The van der Waals surface area contributed by atoms with Crippen LogP contribution in [0.1, 0.15) is 32.8 Å². The van der Waals surface area contributed by atoms with Crippen molar-refractivity contribution in [3.8, 4) is 0 Å². The third-order valence-electron chi connectivity index (χ3n) is 2.73. The minimum absolute atomic E-state index is 0.0417. The predicted molar refractivity (Wildman–Crippen MR) is 87.8 cm³/mol. The van der Waals surface area contributed by atoms with E-state index in [0.717, 1.165) is 28.8 Å². The molecule has 0 aliphatic carbocycles. The summed E-state index contributed by atoms with van der Waals surface area (Å²) in [5, 5.41) is 21.0. The van der Waals surface area contributed by atoms with Crippen LogP contribution in [-0.2, 0) is 11.2 Å². The first-order valence-electron chi connectivity index (χ1n) is 7.53. The molecule has 0 atom stereocenters. The van der Waals surface area contributed by atoms with Gasteiger partial charge in [0.25, 0.3) is 0 Å². The summed E-state index contributed by atoms with van der Waals surface area (Å²) in [6.45, 7) is 6.46. The Kier molecular flexibility index (Phi) is 7.64. The first-order valence-corrected chi connectivity index (χ1v) is 7.53. The van der Waals surface area contributed by atoms with Gasteiger partial charge in [0.05, 0.1) is 12.7 Å². The summed E-state index contributed by atoms with van der Waals surface area (Å²) in [6, 6.07) is 0. The number of aliphatic hydroxyl groups is 2. The van der Waals surface area contributed by atoms with Crippen LogP contribution in [0.2, 0.25) is 0 Å². The Morgan fingerprint density at radius 2 is 2.00 bits per heavy atom. The van der Waals surface area contributed by atoms with Gasteiger partial charge in [0.2, 0.25) is 0 Å². The van der Waals surface area contributed by atoms with E-state index in [9.17, 15) is 4.79 Å². The van der Waals surface area contributed by atoms with Crippen LogP contribution in [0.15, 0.2) is 29.0 Å². The van der Waals surface area contributed by atoms with Gasteiger partial charge in [0, 0.05) is 25.6 Å². The number of rotatable bonds is 4. The van der Waals surface area contributed by atoms with E-state index < -0.39 is 11.7 Å². The van der Waals surface area contributed by atoms with Gasteiger partial charge in [-0.3, -0.25) is 4.99 Å². The molecule has 23 heavy (non-hydrogen) atoms. The molecule has 0 saturated carbocycles. The highest BCUT2D eigenvalue weighted by atomic mass is 16.6. The number of carbonyl (C=O) groups excluding carboxylic acids is 1. The van der Waals surface area contributed by atoms with Gasteiger partial charge < -0.3 is 14.9 Å². The van der Waals surface area contributed by atoms with Gasteiger partial charge in [-0.25, -0.2) is 4.79 Å². The lowest BCUT2D eigenvalue weighted by atomic mass is 10.2. The average molecular weight is 323 g/mol. The van der Waals surface area contributed by atoms with Crippen LogP contribution in [0.5, 0.6) is 0 Å². The summed E-state index contributed by atoms with van der Waals surface area (Å²) in [6.07, 6.45) is 7.68. The number of aromatic nitrogens is 2. The Morgan fingerprint density at radius 1 is 1.30 bits per heavy atom. The van der Waals surface area contributed by atoms with Crippen LogP contribution in [0.3, 0.4) is 0 Å². The zero-order valence-corrected chi connectivity index (χ0v) is 13.9. The maximum absolute atomic E-state index is 11.5. The summed E-state index contributed by atoms with van der Waals surface area (Å²) >= 11 is 0. The van der Waals surface area contributed by atoms with Crippen molar-refractivity contribution in [1.29, 1.82) is 0 Å². The molecule has 0 unspecified atom stereocenters. The maximum atomic E-state index is 11.5. The summed E-state index contributed by atoms with van der Waals surface area (Å²) in [4.78, 5) is 15.4. The summed E-state index contributed by atoms with van der Waals surface area (Å²) in [5.74, 6) is 0. The number of ether oxygens (including phenoxy) is 1. The fourth-order valence-electron chi connectivity index (χ4n) is 1.72. The molecule has 1 aliphatic heterocycles. The van der Waals surface area contributed by atoms with E-state index in [-0.39, 0.29) is 13.2 Å². The second kappa shape index (κ2) is 9.22. The highest BCUT2D eigenvalue weighted by Crippen LogP contribution is 2.09. The maximum Gasteiger partial charge on any atom is 0.435 e. The summed E-state index contributed by atoms with van der Waals surface area (Å²) in [7, 11) is 0. The van der Waals surface area contributed by atoms with Crippen molar-refractivity contribution in [3.05, 3.63) is 29.6 Å². The fraction of sp³-hybridized carbons (Fsp3) is 0.562. The van der Waals surface area contributed by atoms with Crippen LogP contribution < -0.4 is 0 Å². The third-order valence-corrected chi connectivity index (χ3v) is 2.73. The Labute approximate surface area is 136 Å². The van der Waals surface area contributed by atoms with E-state index in [1.807, 2.05) is 12.3 Å². The van der Waals surface area contributed by atoms with E-state index in [4.69, 9.17) is 14.9 Å². The lowest BCUT2D eigenvalue weighted by Gasteiger charge is -2.18. The minimum atomic E-state index is -0.528. The number of aliphatic hydroxyl groups excluding tert-OH is 2. The molecule has 7 nitrogen and oxygen atoms in total. The molecule has 0 amide bonds. The molecule has 0 fully saturated rings. The van der Waals surface area contributed by atoms with Crippen molar-refractivity contribution in [2.24, 2.45) is 4.99 Å². The molecule has 1 aliphatic rings. The minimum Gasteiger partial charge on any atom is -0.442 e. The van der Waals surface area contributed by atoms with Crippen LogP contribution in [0, 0.1) is 0 Å². The molecule has 1 aromatic heterocycles. The molecule has 0 spiro atoms. The largest absolute Gasteiger partial charge is 0.442 e. The van der Waals surface area contributed by atoms with Crippen molar-refractivity contribution in [3.63, 3.8) is 0 Å². The zero-order valence-electron chi connectivity index (χ0n) is 13.9. The normalized spacial score (nSPS) is 13.3. The predicted octanol–water partition coefficient (Wildman–Crippen LogP) is 1.58. The molecule has 0 bridgehead atoms. The Bertz CT molecular complexity index is 556. The molecule has 1 aromatic rings. The molecule has 0 radical (unpaired) electrons. The Balaban J connectivity index is 0.000000277. The monoisotopic (exact) mass is 323 g/mol. The second-order valence-electron chi connectivity index (χ2n) is 5.99. The quantitative estimate of drug-likeness (QED) is 0.877. The summed E-state index contributed by atoms with van der Waals surface area (Å²) < 4.78 is 6.25. The van der Waals surface area contributed by atoms with Crippen LogP contribution >= 0.6 is 0 Å². The van der Waals surface area contributed by atoms with Crippen molar-refractivity contribution in [2.45, 2.75) is 39.2 Å². The van der Waals surface area contributed by atoms with Gasteiger partial charge in [-0.15, -0.1) is 0 Å². The smallest absolute Gasteiger partial charge is 0.435 e. The van der Waals surface area contributed by atoms with Gasteiger partial charge in [0.1, 0.15) is 5.60 Å². The molecule has 2 heterocycles. The van der Waals surface area contributed by atoms with Crippen molar-refractivity contribution in [1.82, 2.24) is 9.78 Å². The average Bonchev–Trinajstić information content (AvgIpc) is 3.10. The molecule has 2 N–H and O–H groups in total. The molecular weight excluding hydrogens is 298 g/mol. The third kappa shape index (κ3) is 7.71. The van der Waals surface area contributed by atoms with Crippen LogP contribution in [0.25, 0.3) is 0 Å². The van der Waals surface area contributed by atoms with Crippen molar-refractivity contribution in [2.75, 3.05) is 19.8 Å². The van der Waals surface area contributed by atoms with Crippen molar-refractivity contribution >= 4 is 12.3 Å². The zero-order chi connectivity index (χ0) is 17.3. The lowest BCUT2D eigenvalue weighted by molar-refractivity contribution is 0.0514. The molecule has 2 rings (SSSR count). The standard InChI is InChI=1S/C10H16N2O3.C6H9NO/c1-10(2,3)15-9(14)12-7-8(4-5-13)6-11-12;8-4-2-6-1-3-7-5-6/h6-7,13H,4-5H2,1-3H3;1,5,8H,2-4H2. The number of hydrogen-bond acceptors (Lipinski definition) is 6. The van der Waals surface area contributed by atoms with E-state index in [2.05, 4.69) is 10.1 Å². The lowest BCUT2D eigenvalue weighted by Crippen LogP contribution is -2.27. The van der Waals surface area contributed by atoms with Crippen molar-refractivity contribution < 1.29 is 19.7 Å². The number of aliphatic imine (C=N–C) groups is 1. The number of hydrogen-bond donors (Lipinski definition) is 2. The SMILES string of the molecule is CC(C)(C)OC(=O)n1cc(CCO)cn1.OCCC1=CCN=C1. The van der Waals surface area contributed by atoms with Gasteiger partial charge >= 0.3 is 6.09 Å². The van der Waals surface area contributed by atoms with Crippen LogP contribution in [0.4, 0.5) is 4.79 Å². The van der Waals surface area contributed by atoms with E-state index >= 15 is 0 Å². The van der Waals surface area contributed by atoms with E-state index in [0.29, 0.717) is 6.42 Å². The van der Waals surface area contributed by atoms with Crippen LogP contribution in [-0.4, -0.2) is 57.7 Å². The topological polar surface area (TPSA) is 96.9 Å². The Morgan fingerprint density at radius 3 is 2.52 bits per heavy atom. The molecule has 7 heteroatoms. The first kappa shape index (κ1) is 19.1. The molecule has 128 valence electrons. The number of nitrogens with zero attached hydrogens (tertiary/aromatic N) is 3. The van der Waals surface area contributed by atoms with E-state index in [1.165, 1.54) is 0 Å². The Hall–Kier alpha value is -1.99.